The summed E-state index contributed by atoms with van der Waals surface area (Å²) in [7, 11) is 2.51. The van der Waals surface area contributed by atoms with Crippen molar-refractivity contribution in [1.82, 2.24) is 10.3 Å². The highest BCUT2D eigenvalue weighted by Crippen LogP contribution is 2.21. The van der Waals surface area contributed by atoms with Gasteiger partial charge < -0.3 is 25.1 Å². The van der Waals surface area contributed by atoms with Crippen LogP contribution in [0.1, 0.15) is 49.4 Å². The van der Waals surface area contributed by atoms with Crippen molar-refractivity contribution >= 4 is 29.4 Å². The van der Waals surface area contributed by atoms with Gasteiger partial charge in [-0.15, -0.1) is 0 Å². The Morgan fingerprint density at radius 1 is 1.07 bits per heavy atom. The van der Waals surface area contributed by atoms with E-state index in [1.165, 1.54) is 20.3 Å². The number of ether oxygens (including phenoxy) is 2. The zero-order chi connectivity index (χ0) is 21.6. The van der Waals surface area contributed by atoms with Gasteiger partial charge in [-0.05, 0) is 37.1 Å². The van der Waals surface area contributed by atoms with E-state index in [0.717, 1.165) is 0 Å². The van der Waals surface area contributed by atoms with Gasteiger partial charge in [0.25, 0.3) is 11.8 Å². The summed E-state index contributed by atoms with van der Waals surface area (Å²) in [5.74, 6) is -2.03. The van der Waals surface area contributed by atoms with Gasteiger partial charge in [0, 0.05) is 16.9 Å². The Morgan fingerprint density at radius 2 is 1.79 bits per heavy atom. The Bertz CT molecular complexity index is 948. The summed E-state index contributed by atoms with van der Waals surface area (Å²) < 4.78 is 9.26. The number of hydrogen-bond donors (Lipinski definition) is 3. The van der Waals surface area contributed by atoms with Crippen LogP contribution in [0.3, 0.4) is 0 Å². The van der Waals surface area contributed by atoms with Crippen LogP contribution < -0.4 is 10.6 Å². The van der Waals surface area contributed by atoms with Gasteiger partial charge in [-0.1, -0.05) is 13.0 Å². The first kappa shape index (κ1) is 21.7. The van der Waals surface area contributed by atoms with Gasteiger partial charge in [0.05, 0.1) is 19.8 Å². The molecule has 0 aliphatic carbocycles. The number of hydrogen-bond acceptors (Lipinski definition) is 6. The van der Waals surface area contributed by atoms with Crippen molar-refractivity contribution in [3.05, 3.63) is 52.3 Å². The highest BCUT2D eigenvalue weighted by Gasteiger charge is 2.23. The number of aromatic amines is 1. The molecule has 0 saturated heterocycles. The second kappa shape index (κ2) is 9.54. The van der Waals surface area contributed by atoms with Crippen LogP contribution in [0.2, 0.25) is 0 Å². The Morgan fingerprint density at radius 3 is 2.41 bits per heavy atom. The average Bonchev–Trinajstić information content (AvgIpc) is 3.07. The monoisotopic (exact) mass is 401 g/mol. The summed E-state index contributed by atoms with van der Waals surface area (Å²) in [6.07, 6.45) is 0.522. The van der Waals surface area contributed by atoms with Crippen LogP contribution in [0.4, 0.5) is 5.69 Å². The molecule has 2 rings (SSSR count). The first-order valence-corrected chi connectivity index (χ1v) is 8.88. The highest BCUT2D eigenvalue weighted by atomic mass is 16.5. The molecule has 29 heavy (non-hydrogen) atoms. The number of carbonyl (C=O) groups is 4. The Balaban J connectivity index is 2.20. The molecule has 0 aliphatic rings. The fraction of sp³-hybridized carbons (Fsp3) is 0.300. The van der Waals surface area contributed by atoms with Crippen molar-refractivity contribution in [1.29, 1.82) is 0 Å². The summed E-state index contributed by atoms with van der Waals surface area (Å²) >= 11 is 0. The number of carbonyl (C=O) groups excluding carboxylic acids is 4. The van der Waals surface area contributed by atoms with Crippen LogP contribution in [0.15, 0.2) is 24.3 Å². The summed E-state index contributed by atoms with van der Waals surface area (Å²) in [5, 5.41) is 5.12. The summed E-state index contributed by atoms with van der Waals surface area (Å²) in [6, 6.07) is 6.24. The fourth-order valence-corrected chi connectivity index (χ4v) is 2.79. The number of nitrogens with one attached hydrogen (secondary N) is 3. The lowest BCUT2D eigenvalue weighted by Crippen LogP contribution is -2.30. The minimum absolute atomic E-state index is 0.239. The highest BCUT2D eigenvalue weighted by molar-refractivity contribution is 6.07. The normalized spacial score (nSPS) is 10.2. The molecule has 1 aromatic heterocycles. The molecule has 0 atom stereocenters. The molecule has 0 aliphatic heterocycles. The fourth-order valence-electron chi connectivity index (χ4n) is 2.79. The summed E-state index contributed by atoms with van der Waals surface area (Å²) in [4.78, 5) is 51.0. The van der Waals surface area contributed by atoms with Crippen LogP contribution >= 0.6 is 0 Å². The molecule has 0 radical (unpaired) electrons. The van der Waals surface area contributed by atoms with E-state index in [0.29, 0.717) is 28.9 Å². The first-order chi connectivity index (χ1) is 13.8. The van der Waals surface area contributed by atoms with Crippen LogP contribution in [0.25, 0.3) is 0 Å². The van der Waals surface area contributed by atoms with Gasteiger partial charge in [-0.25, -0.2) is 4.79 Å². The number of benzene rings is 1. The zero-order valence-electron chi connectivity index (χ0n) is 16.7. The third-order valence-electron chi connectivity index (χ3n) is 4.30. The van der Waals surface area contributed by atoms with Crippen molar-refractivity contribution in [3.8, 4) is 0 Å². The Hall–Kier alpha value is -3.62. The number of esters is 2. The topological polar surface area (TPSA) is 127 Å². The van der Waals surface area contributed by atoms with Gasteiger partial charge in [0.2, 0.25) is 0 Å². The second-order valence-corrected chi connectivity index (χ2v) is 6.12. The van der Waals surface area contributed by atoms with E-state index in [-0.39, 0.29) is 17.8 Å². The van der Waals surface area contributed by atoms with Crippen LogP contribution in [0.5, 0.6) is 0 Å². The van der Waals surface area contributed by atoms with Crippen LogP contribution in [0, 0.1) is 6.92 Å². The SMILES string of the molecule is CCc1[nH]c(C(=O)Nc2cccc(C(=O)NCC(=O)OC)c2)c(C)c1C(=O)OC. The van der Waals surface area contributed by atoms with Crippen molar-refractivity contribution in [3.63, 3.8) is 0 Å². The summed E-state index contributed by atoms with van der Waals surface area (Å²) in [6.45, 7) is 3.26. The minimum atomic E-state index is -0.571. The molecular weight excluding hydrogens is 378 g/mol. The molecule has 1 heterocycles. The molecule has 2 aromatic rings. The van der Waals surface area contributed by atoms with Gasteiger partial charge >= 0.3 is 11.9 Å². The predicted octanol–water partition coefficient (Wildman–Crippen LogP) is 1.83. The molecule has 1 aromatic carbocycles. The van der Waals surface area contributed by atoms with Crippen LogP contribution in [-0.4, -0.2) is 49.5 Å². The molecule has 0 unspecified atom stereocenters. The van der Waals surface area contributed by atoms with E-state index in [9.17, 15) is 19.2 Å². The predicted molar refractivity (Wildman–Crippen MR) is 105 cm³/mol. The molecule has 2 amide bonds. The maximum absolute atomic E-state index is 12.7. The number of methoxy groups -OCH3 is 2. The van der Waals surface area contributed by atoms with Gasteiger partial charge in [0.15, 0.2) is 0 Å². The molecule has 154 valence electrons. The van der Waals surface area contributed by atoms with E-state index < -0.39 is 23.8 Å². The lowest BCUT2D eigenvalue weighted by Gasteiger charge is -2.08. The quantitative estimate of drug-likeness (QED) is 0.608. The molecule has 0 fully saturated rings. The lowest BCUT2D eigenvalue weighted by atomic mass is 10.1. The van der Waals surface area contributed by atoms with E-state index in [1.54, 1.807) is 25.1 Å². The van der Waals surface area contributed by atoms with E-state index >= 15 is 0 Å². The smallest absolute Gasteiger partial charge is 0.339 e. The standard InChI is InChI=1S/C20H23N3O6/c1-5-14-16(20(27)29-4)11(2)17(23-14)19(26)22-13-8-6-7-12(9-13)18(25)21-10-15(24)28-3/h6-9,23H,5,10H2,1-4H3,(H,21,25)(H,22,26). The lowest BCUT2D eigenvalue weighted by molar-refractivity contribution is -0.139. The molecular formula is C20H23N3O6. The van der Waals surface area contributed by atoms with E-state index in [1.807, 2.05) is 6.92 Å². The average molecular weight is 401 g/mol. The molecule has 3 N–H and O–H groups in total. The van der Waals surface area contributed by atoms with Gasteiger partial charge in [0.1, 0.15) is 12.2 Å². The van der Waals surface area contributed by atoms with E-state index in [2.05, 4.69) is 20.4 Å². The minimum Gasteiger partial charge on any atom is -0.468 e. The largest absolute Gasteiger partial charge is 0.468 e. The molecule has 9 heteroatoms. The number of amides is 2. The number of anilines is 1. The number of H-pyrrole nitrogens is 1. The molecule has 0 saturated carbocycles. The third-order valence-corrected chi connectivity index (χ3v) is 4.30. The summed E-state index contributed by atoms with van der Waals surface area (Å²) in [5.41, 5.74) is 2.32. The zero-order valence-corrected chi connectivity index (χ0v) is 16.7. The number of aromatic nitrogens is 1. The Labute approximate surface area is 167 Å². The second-order valence-electron chi connectivity index (χ2n) is 6.12. The van der Waals surface area contributed by atoms with Crippen molar-refractivity contribution < 1.29 is 28.7 Å². The molecule has 0 bridgehead atoms. The maximum atomic E-state index is 12.7. The van der Waals surface area contributed by atoms with Gasteiger partial charge in [-0.2, -0.15) is 0 Å². The van der Waals surface area contributed by atoms with Crippen LogP contribution in [-0.2, 0) is 20.7 Å². The van der Waals surface area contributed by atoms with Crippen molar-refractivity contribution in [2.75, 3.05) is 26.1 Å². The third kappa shape index (κ3) is 5.01. The first-order valence-electron chi connectivity index (χ1n) is 8.88. The number of aryl methyl sites for hydroxylation is 1. The van der Waals surface area contributed by atoms with Crippen molar-refractivity contribution in [2.24, 2.45) is 0 Å². The Kier molecular flexibility index (Phi) is 7.13. The number of rotatable bonds is 7. The maximum Gasteiger partial charge on any atom is 0.339 e. The molecule has 0 spiro atoms. The van der Waals surface area contributed by atoms with Gasteiger partial charge in [-0.3, -0.25) is 14.4 Å². The van der Waals surface area contributed by atoms with Crippen molar-refractivity contribution in [2.45, 2.75) is 20.3 Å². The van der Waals surface area contributed by atoms with E-state index in [4.69, 9.17) is 4.74 Å². The molecule has 9 nitrogen and oxygen atoms in total.